The highest BCUT2D eigenvalue weighted by Crippen LogP contribution is 2.30. The molecule has 0 radical (unpaired) electrons. The summed E-state index contributed by atoms with van der Waals surface area (Å²) in [6, 6.07) is 13.9. The standard InChI is InChI=1S/C19H17Cl2N5O2S/c20-11-3-1-5-13(7-11)23-16(27)10-29-19-24-17-15(9-22-25-17)18(28)26(19)14-6-2-4-12(21)8-14/h1-8,15,17,22,25H,9-10H2,(H,23,27). The summed E-state index contributed by atoms with van der Waals surface area (Å²) in [5.41, 5.74) is 7.20. The van der Waals surface area contributed by atoms with E-state index in [1.165, 1.54) is 16.7 Å². The lowest BCUT2D eigenvalue weighted by Crippen LogP contribution is -2.49. The molecule has 0 spiro atoms. The lowest BCUT2D eigenvalue weighted by atomic mass is 10.0. The first-order valence-electron chi connectivity index (χ1n) is 8.85. The van der Waals surface area contributed by atoms with Crippen molar-refractivity contribution in [3.8, 4) is 0 Å². The number of amidine groups is 1. The molecular weight excluding hydrogens is 433 g/mol. The number of halogens is 2. The number of thioether (sulfide) groups is 1. The number of rotatable bonds is 4. The van der Waals surface area contributed by atoms with Crippen molar-refractivity contribution in [2.24, 2.45) is 10.9 Å². The Hall–Kier alpha value is -2.10. The third kappa shape index (κ3) is 4.57. The van der Waals surface area contributed by atoms with Crippen molar-refractivity contribution >= 4 is 63.3 Å². The first-order valence-corrected chi connectivity index (χ1v) is 10.6. The average Bonchev–Trinajstić information content (AvgIpc) is 3.15. The molecule has 1 saturated heterocycles. The molecule has 2 amide bonds. The van der Waals surface area contributed by atoms with Crippen LogP contribution in [0.25, 0.3) is 0 Å². The summed E-state index contributed by atoms with van der Waals surface area (Å²) < 4.78 is 0. The molecule has 2 aliphatic rings. The van der Waals surface area contributed by atoms with E-state index in [-0.39, 0.29) is 29.7 Å². The summed E-state index contributed by atoms with van der Waals surface area (Å²) in [4.78, 5) is 31.7. The van der Waals surface area contributed by atoms with Crippen LogP contribution in [0.2, 0.25) is 10.0 Å². The Balaban J connectivity index is 1.52. The molecule has 2 aromatic carbocycles. The van der Waals surface area contributed by atoms with E-state index in [4.69, 9.17) is 23.2 Å². The van der Waals surface area contributed by atoms with E-state index in [1.807, 2.05) is 0 Å². The third-order valence-electron chi connectivity index (χ3n) is 4.44. The lowest BCUT2D eigenvalue weighted by molar-refractivity contribution is -0.121. The van der Waals surface area contributed by atoms with Gasteiger partial charge in [0, 0.05) is 22.3 Å². The molecule has 4 rings (SSSR count). The zero-order valence-electron chi connectivity index (χ0n) is 15.1. The summed E-state index contributed by atoms with van der Waals surface area (Å²) in [5, 5.41) is 4.29. The maximum absolute atomic E-state index is 13.1. The fourth-order valence-corrected chi connectivity index (χ4v) is 4.33. The Kier molecular flexibility index (Phi) is 6.07. The smallest absolute Gasteiger partial charge is 0.241 e. The van der Waals surface area contributed by atoms with Gasteiger partial charge in [0.1, 0.15) is 6.17 Å². The maximum atomic E-state index is 13.1. The van der Waals surface area contributed by atoms with Gasteiger partial charge in [-0.1, -0.05) is 47.1 Å². The van der Waals surface area contributed by atoms with E-state index >= 15 is 0 Å². The van der Waals surface area contributed by atoms with E-state index in [2.05, 4.69) is 21.2 Å². The fourth-order valence-electron chi connectivity index (χ4n) is 3.12. The zero-order chi connectivity index (χ0) is 20.4. The molecular formula is C19H17Cl2N5O2S. The largest absolute Gasteiger partial charge is 0.325 e. The van der Waals surface area contributed by atoms with Crippen LogP contribution in [-0.2, 0) is 9.59 Å². The molecule has 10 heteroatoms. The molecule has 2 atom stereocenters. The summed E-state index contributed by atoms with van der Waals surface area (Å²) in [6.45, 7) is 0.483. The molecule has 2 aliphatic heterocycles. The summed E-state index contributed by atoms with van der Waals surface area (Å²) in [5.74, 6) is -0.556. The molecule has 2 heterocycles. The van der Waals surface area contributed by atoms with Crippen LogP contribution in [0.3, 0.4) is 0 Å². The van der Waals surface area contributed by atoms with Crippen LogP contribution >= 0.6 is 35.0 Å². The van der Waals surface area contributed by atoms with Crippen molar-refractivity contribution in [1.82, 2.24) is 10.9 Å². The number of aliphatic imine (C=N–C) groups is 1. The van der Waals surface area contributed by atoms with Crippen LogP contribution in [0, 0.1) is 5.92 Å². The van der Waals surface area contributed by atoms with Crippen molar-refractivity contribution in [2.45, 2.75) is 6.17 Å². The molecule has 150 valence electrons. The summed E-state index contributed by atoms with van der Waals surface area (Å²) in [6.07, 6.45) is -0.364. The number of anilines is 2. The molecule has 1 fully saturated rings. The van der Waals surface area contributed by atoms with Crippen LogP contribution in [0.15, 0.2) is 53.5 Å². The molecule has 3 N–H and O–H groups in total. The Labute approximate surface area is 181 Å². The highest BCUT2D eigenvalue weighted by Gasteiger charge is 2.42. The summed E-state index contributed by atoms with van der Waals surface area (Å²) in [7, 11) is 0. The first kappa shape index (κ1) is 20.2. The van der Waals surface area contributed by atoms with Crippen molar-refractivity contribution in [3.05, 3.63) is 58.6 Å². The minimum Gasteiger partial charge on any atom is -0.325 e. The van der Waals surface area contributed by atoms with Crippen LogP contribution in [0.4, 0.5) is 11.4 Å². The number of benzene rings is 2. The number of nitrogens with zero attached hydrogens (tertiary/aromatic N) is 2. The van der Waals surface area contributed by atoms with Gasteiger partial charge in [-0.05, 0) is 36.4 Å². The average molecular weight is 450 g/mol. The van der Waals surface area contributed by atoms with Gasteiger partial charge in [0.25, 0.3) is 0 Å². The molecule has 0 aromatic heterocycles. The Morgan fingerprint density at radius 2 is 1.97 bits per heavy atom. The van der Waals surface area contributed by atoms with Gasteiger partial charge in [0.15, 0.2) is 5.17 Å². The van der Waals surface area contributed by atoms with E-state index in [0.29, 0.717) is 33.1 Å². The quantitative estimate of drug-likeness (QED) is 0.667. The predicted octanol–water partition coefficient (Wildman–Crippen LogP) is 3.12. The first-order chi connectivity index (χ1) is 14.0. The topological polar surface area (TPSA) is 85.8 Å². The zero-order valence-corrected chi connectivity index (χ0v) is 17.4. The minimum absolute atomic E-state index is 0.0838. The molecule has 0 bridgehead atoms. The van der Waals surface area contributed by atoms with Crippen molar-refractivity contribution < 1.29 is 9.59 Å². The lowest BCUT2D eigenvalue weighted by Gasteiger charge is -2.32. The van der Waals surface area contributed by atoms with Crippen molar-refractivity contribution in [3.63, 3.8) is 0 Å². The van der Waals surface area contributed by atoms with Gasteiger partial charge < -0.3 is 5.32 Å². The monoisotopic (exact) mass is 449 g/mol. The maximum Gasteiger partial charge on any atom is 0.241 e. The Morgan fingerprint density at radius 3 is 2.72 bits per heavy atom. The number of carbonyl (C=O) groups excluding carboxylic acids is 2. The van der Waals surface area contributed by atoms with E-state index < -0.39 is 0 Å². The van der Waals surface area contributed by atoms with Crippen LogP contribution < -0.4 is 21.1 Å². The van der Waals surface area contributed by atoms with Gasteiger partial charge in [0.2, 0.25) is 11.8 Å². The second-order valence-electron chi connectivity index (χ2n) is 6.49. The Morgan fingerprint density at radius 1 is 1.21 bits per heavy atom. The van der Waals surface area contributed by atoms with Gasteiger partial charge >= 0.3 is 0 Å². The number of hydrazine groups is 1. The normalized spacial score (nSPS) is 21.0. The van der Waals surface area contributed by atoms with E-state index in [1.54, 1.807) is 48.5 Å². The highest BCUT2D eigenvalue weighted by molar-refractivity contribution is 8.14. The number of hydrogen-bond acceptors (Lipinski definition) is 6. The van der Waals surface area contributed by atoms with Crippen LogP contribution in [0.5, 0.6) is 0 Å². The number of fused-ring (bicyclic) bond motifs is 1. The van der Waals surface area contributed by atoms with Crippen LogP contribution in [-0.4, -0.2) is 35.4 Å². The van der Waals surface area contributed by atoms with Crippen molar-refractivity contribution in [1.29, 1.82) is 0 Å². The van der Waals surface area contributed by atoms with E-state index in [9.17, 15) is 9.59 Å². The van der Waals surface area contributed by atoms with Gasteiger partial charge in [-0.2, -0.15) is 0 Å². The van der Waals surface area contributed by atoms with Crippen molar-refractivity contribution in [2.75, 3.05) is 22.5 Å². The molecule has 2 unspecified atom stereocenters. The predicted molar refractivity (Wildman–Crippen MR) is 117 cm³/mol. The van der Waals surface area contributed by atoms with Gasteiger partial charge in [-0.25, -0.2) is 10.4 Å². The van der Waals surface area contributed by atoms with E-state index in [0.717, 1.165) is 0 Å². The highest BCUT2D eigenvalue weighted by atomic mass is 35.5. The van der Waals surface area contributed by atoms with Gasteiger partial charge in [-0.15, -0.1) is 0 Å². The molecule has 0 saturated carbocycles. The van der Waals surface area contributed by atoms with Crippen LogP contribution in [0.1, 0.15) is 0 Å². The second kappa shape index (κ2) is 8.73. The molecule has 7 nitrogen and oxygen atoms in total. The number of nitrogens with one attached hydrogen (secondary N) is 3. The fraction of sp³-hybridized carbons (Fsp3) is 0.211. The number of hydrogen-bond donors (Lipinski definition) is 3. The Bertz CT molecular complexity index is 987. The van der Waals surface area contributed by atoms with Gasteiger partial charge in [0.05, 0.1) is 17.4 Å². The van der Waals surface area contributed by atoms with Gasteiger partial charge in [-0.3, -0.25) is 19.9 Å². The number of carbonyl (C=O) groups is 2. The SMILES string of the molecule is O=C(CSC1=NC2NNCC2C(=O)N1c1cccc(Cl)c1)Nc1cccc(Cl)c1. The molecule has 0 aliphatic carbocycles. The molecule has 29 heavy (non-hydrogen) atoms. The summed E-state index contributed by atoms with van der Waals surface area (Å²) >= 11 is 13.3. The minimum atomic E-state index is -0.364. The number of amides is 2. The third-order valence-corrected chi connectivity index (χ3v) is 5.86. The second-order valence-corrected chi connectivity index (χ2v) is 8.30. The molecule has 2 aromatic rings.